The van der Waals surface area contributed by atoms with E-state index in [1.807, 2.05) is 31.2 Å². The van der Waals surface area contributed by atoms with E-state index in [0.717, 1.165) is 6.42 Å². The lowest BCUT2D eigenvalue weighted by Crippen LogP contribution is -1.96. The van der Waals surface area contributed by atoms with Crippen LogP contribution in [0.5, 0.6) is 0 Å². The molecule has 2 heteroatoms. The molecule has 0 aliphatic heterocycles. The first-order valence-electron chi connectivity index (χ1n) is 5.13. The van der Waals surface area contributed by atoms with Crippen LogP contribution in [0, 0.1) is 0 Å². The molecule has 0 aliphatic carbocycles. The van der Waals surface area contributed by atoms with Gasteiger partial charge < -0.3 is 0 Å². The number of halogens is 1. The van der Waals surface area contributed by atoms with Crippen LogP contribution in [0.25, 0.3) is 0 Å². The maximum atomic E-state index is 6.48. The first-order valence-corrected chi connectivity index (χ1v) is 7.38. The molecule has 80 valence electrons. The minimum absolute atomic E-state index is 0.704. The van der Waals surface area contributed by atoms with Crippen molar-refractivity contribution in [3.8, 4) is 0 Å². The summed E-state index contributed by atoms with van der Waals surface area (Å²) in [6.07, 6.45) is 7.38. The highest BCUT2D eigenvalue weighted by Crippen LogP contribution is 2.49. The van der Waals surface area contributed by atoms with E-state index in [-0.39, 0.29) is 0 Å². The van der Waals surface area contributed by atoms with Gasteiger partial charge in [-0.05, 0) is 24.0 Å². The van der Waals surface area contributed by atoms with Gasteiger partial charge in [0.25, 0.3) is 0 Å². The van der Waals surface area contributed by atoms with Crippen molar-refractivity contribution in [1.29, 1.82) is 0 Å². The van der Waals surface area contributed by atoms with Crippen molar-refractivity contribution in [1.82, 2.24) is 0 Å². The summed E-state index contributed by atoms with van der Waals surface area (Å²) >= 11 is 6.48. The normalized spacial score (nSPS) is 14.5. The first kappa shape index (κ1) is 12.5. The molecule has 0 radical (unpaired) electrons. The summed E-state index contributed by atoms with van der Waals surface area (Å²) in [5.41, 5.74) is 0. The average molecular weight is 239 g/mol. The van der Waals surface area contributed by atoms with Gasteiger partial charge >= 0.3 is 0 Å². The Labute approximate surface area is 98.2 Å². The van der Waals surface area contributed by atoms with Crippen LogP contribution >= 0.6 is 18.5 Å². The molecule has 0 fully saturated rings. The van der Waals surface area contributed by atoms with Crippen molar-refractivity contribution in [2.75, 3.05) is 0 Å². The second kappa shape index (κ2) is 6.82. The van der Waals surface area contributed by atoms with Gasteiger partial charge in [0.05, 0.1) is 7.27 Å². The summed E-state index contributed by atoms with van der Waals surface area (Å²) in [5.74, 6) is 0. The molecule has 0 N–H and O–H groups in total. The molecule has 15 heavy (non-hydrogen) atoms. The number of hydrogen-bond acceptors (Lipinski definition) is 0. The Morgan fingerprint density at radius 3 is 2.53 bits per heavy atom. The van der Waals surface area contributed by atoms with E-state index in [4.69, 9.17) is 11.2 Å². The molecule has 1 unspecified atom stereocenters. The van der Waals surface area contributed by atoms with Gasteiger partial charge in [-0.2, -0.15) is 0 Å². The Kier molecular flexibility index (Phi) is 5.68. The van der Waals surface area contributed by atoms with Crippen LogP contribution < -0.4 is 5.30 Å². The van der Waals surface area contributed by atoms with Crippen molar-refractivity contribution >= 4 is 23.8 Å². The molecule has 0 saturated carbocycles. The Morgan fingerprint density at radius 1 is 1.33 bits per heavy atom. The first-order chi connectivity index (χ1) is 7.29. The van der Waals surface area contributed by atoms with Gasteiger partial charge in [-0.3, -0.25) is 0 Å². The van der Waals surface area contributed by atoms with Crippen molar-refractivity contribution in [3.05, 3.63) is 53.9 Å². The third-order valence-electron chi connectivity index (χ3n) is 1.96. The summed E-state index contributed by atoms with van der Waals surface area (Å²) in [6, 6.07) is 10.3. The van der Waals surface area contributed by atoms with Gasteiger partial charge in [-0.1, -0.05) is 66.7 Å². The van der Waals surface area contributed by atoms with E-state index in [9.17, 15) is 0 Å². The van der Waals surface area contributed by atoms with E-state index in [1.165, 1.54) is 10.6 Å². The third-order valence-corrected chi connectivity index (χ3v) is 4.67. The number of rotatable bonds is 4. The Morgan fingerprint density at radius 2 is 2.00 bits per heavy atom. The van der Waals surface area contributed by atoms with Crippen LogP contribution in [0.4, 0.5) is 0 Å². The minimum atomic E-state index is -0.704. The highest BCUT2D eigenvalue weighted by Gasteiger charge is 2.09. The zero-order chi connectivity index (χ0) is 11.1. The second-order valence-electron chi connectivity index (χ2n) is 3.15. The van der Waals surface area contributed by atoms with Gasteiger partial charge in [0.1, 0.15) is 0 Å². The van der Waals surface area contributed by atoms with Crippen LogP contribution in [-0.4, -0.2) is 0 Å². The van der Waals surface area contributed by atoms with E-state index in [1.54, 1.807) is 0 Å². The zero-order valence-electron chi connectivity index (χ0n) is 9.15. The van der Waals surface area contributed by atoms with Gasteiger partial charge in [0.15, 0.2) is 0 Å². The van der Waals surface area contributed by atoms with Crippen LogP contribution in [0.15, 0.2) is 53.9 Å². The molecule has 1 aromatic carbocycles. The largest absolute Gasteiger partial charge is 0.0870 e. The lowest BCUT2D eigenvalue weighted by atomic mass is 10.4. The zero-order valence-corrected chi connectivity index (χ0v) is 10.8. The molecule has 0 amide bonds. The van der Waals surface area contributed by atoms with Crippen molar-refractivity contribution in [3.63, 3.8) is 0 Å². The lowest BCUT2D eigenvalue weighted by molar-refractivity contribution is 1.22. The monoisotopic (exact) mass is 238 g/mol. The molecule has 0 nitrogen and oxygen atoms in total. The highest BCUT2D eigenvalue weighted by atomic mass is 35.7. The van der Waals surface area contributed by atoms with Gasteiger partial charge in [-0.25, -0.2) is 0 Å². The molecule has 0 aliphatic rings. The van der Waals surface area contributed by atoms with E-state index < -0.39 is 7.27 Å². The molecular formula is C13H16ClP. The standard InChI is InChI=1S/C13H16ClP/c1-3-8-12(9-4-2)15(14)13-10-6-5-7-11-13/h3,5-11H,4H2,1-2H3/b8-3-,12-9+. The van der Waals surface area contributed by atoms with Crippen LogP contribution in [0.1, 0.15) is 20.3 Å². The predicted molar refractivity (Wildman–Crippen MR) is 72.0 cm³/mol. The summed E-state index contributed by atoms with van der Waals surface area (Å²) in [5, 5.41) is 2.45. The maximum Gasteiger partial charge on any atom is 0.0520 e. The fourth-order valence-corrected chi connectivity index (χ4v) is 3.37. The number of hydrogen-bond donors (Lipinski definition) is 0. The fourth-order valence-electron chi connectivity index (χ4n) is 1.30. The van der Waals surface area contributed by atoms with E-state index in [0.29, 0.717) is 0 Å². The average Bonchev–Trinajstić information content (AvgIpc) is 2.29. The molecule has 0 heterocycles. The molecule has 0 bridgehead atoms. The van der Waals surface area contributed by atoms with Gasteiger partial charge in [0.2, 0.25) is 0 Å². The van der Waals surface area contributed by atoms with Crippen LogP contribution in [0.2, 0.25) is 0 Å². The molecule has 0 aromatic heterocycles. The van der Waals surface area contributed by atoms with E-state index >= 15 is 0 Å². The van der Waals surface area contributed by atoms with Crippen LogP contribution in [-0.2, 0) is 0 Å². The third kappa shape index (κ3) is 3.81. The number of allylic oxidation sites excluding steroid dienone is 4. The van der Waals surface area contributed by atoms with E-state index in [2.05, 4.69) is 31.2 Å². The summed E-state index contributed by atoms with van der Waals surface area (Å²) in [7, 11) is -0.704. The lowest BCUT2D eigenvalue weighted by Gasteiger charge is -2.10. The molecule has 0 saturated heterocycles. The predicted octanol–water partition coefficient (Wildman–Crippen LogP) is 4.82. The quantitative estimate of drug-likeness (QED) is 0.521. The fraction of sp³-hybridized carbons (Fsp3) is 0.231. The topological polar surface area (TPSA) is 0 Å². The molecule has 1 aromatic rings. The van der Waals surface area contributed by atoms with Gasteiger partial charge in [-0.15, -0.1) is 0 Å². The van der Waals surface area contributed by atoms with Crippen LogP contribution in [0.3, 0.4) is 0 Å². The molecule has 1 rings (SSSR count). The molecular weight excluding hydrogens is 223 g/mol. The Bertz CT molecular complexity index is 341. The smallest absolute Gasteiger partial charge is 0.0520 e. The SMILES string of the molecule is C/C=C\C(=C/CC)P(Cl)c1ccccc1. The van der Waals surface area contributed by atoms with Crippen molar-refractivity contribution < 1.29 is 0 Å². The Hall–Kier alpha value is -0.580. The van der Waals surface area contributed by atoms with Crippen molar-refractivity contribution in [2.24, 2.45) is 0 Å². The summed E-state index contributed by atoms with van der Waals surface area (Å²) in [4.78, 5) is 0. The second-order valence-corrected chi connectivity index (χ2v) is 5.76. The van der Waals surface area contributed by atoms with Crippen molar-refractivity contribution in [2.45, 2.75) is 20.3 Å². The molecule has 0 spiro atoms. The Balaban J connectivity index is 2.91. The summed E-state index contributed by atoms with van der Waals surface area (Å²) < 4.78 is 0. The summed E-state index contributed by atoms with van der Waals surface area (Å²) in [6.45, 7) is 4.16. The highest BCUT2D eigenvalue weighted by molar-refractivity contribution is 7.93. The maximum absolute atomic E-state index is 6.48. The number of benzene rings is 1. The van der Waals surface area contributed by atoms with Gasteiger partial charge in [0, 0.05) is 0 Å². The molecule has 1 atom stereocenters. The minimum Gasteiger partial charge on any atom is -0.0870 e.